The summed E-state index contributed by atoms with van der Waals surface area (Å²) in [4.78, 5) is 4.34. The van der Waals surface area contributed by atoms with Crippen LogP contribution in [0.1, 0.15) is 0 Å². The van der Waals surface area contributed by atoms with Gasteiger partial charge >= 0.3 is 0 Å². The molecule has 2 aromatic heterocycles. The van der Waals surface area contributed by atoms with Gasteiger partial charge in [-0.25, -0.2) is 4.98 Å². The lowest BCUT2D eigenvalue weighted by Gasteiger charge is -2.09. The van der Waals surface area contributed by atoms with E-state index in [0.717, 1.165) is 16.9 Å². The van der Waals surface area contributed by atoms with Gasteiger partial charge in [0.25, 0.3) is 0 Å². The third-order valence-electron chi connectivity index (χ3n) is 3.47. The average Bonchev–Trinajstić information content (AvgIpc) is 2.84. The summed E-state index contributed by atoms with van der Waals surface area (Å²) in [5.41, 5.74) is 5.68. The molecule has 0 saturated heterocycles. The first-order chi connectivity index (χ1) is 9.93. The minimum atomic E-state index is 0.832. The first-order valence-electron chi connectivity index (χ1n) is 6.60. The van der Waals surface area contributed by atoms with Crippen molar-refractivity contribution in [2.45, 2.75) is 0 Å². The summed E-state index contributed by atoms with van der Waals surface area (Å²) in [5.74, 6) is 0.832. The SMILES string of the molecule is c1ccc(Nn2c3ccccc3c3ccccc32)nc1. The molecule has 2 heterocycles. The van der Waals surface area contributed by atoms with E-state index in [1.807, 2.05) is 18.2 Å². The van der Waals surface area contributed by atoms with E-state index in [9.17, 15) is 0 Å². The Morgan fingerprint density at radius 2 is 1.30 bits per heavy atom. The Balaban J connectivity index is 2.00. The Morgan fingerprint density at radius 1 is 0.700 bits per heavy atom. The Labute approximate surface area is 116 Å². The molecule has 0 radical (unpaired) electrons. The molecule has 0 unspecified atom stereocenters. The van der Waals surface area contributed by atoms with Gasteiger partial charge in [-0.1, -0.05) is 42.5 Å². The van der Waals surface area contributed by atoms with E-state index in [1.165, 1.54) is 10.8 Å². The van der Waals surface area contributed by atoms with Crippen molar-refractivity contribution < 1.29 is 0 Å². The second-order valence-corrected chi connectivity index (χ2v) is 4.70. The standard InChI is InChI=1S/C17H13N3/c1-3-9-15-13(7-1)14-8-2-4-10-16(14)20(15)19-17-11-5-6-12-18-17/h1-12H,(H,18,19). The zero-order valence-electron chi connectivity index (χ0n) is 10.8. The highest BCUT2D eigenvalue weighted by molar-refractivity contribution is 6.08. The number of fused-ring (bicyclic) bond motifs is 3. The summed E-state index contributed by atoms with van der Waals surface area (Å²) in [7, 11) is 0. The topological polar surface area (TPSA) is 29.9 Å². The first kappa shape index (κ1) is 11.1. The molecular formula is C17H13N3. The molecule has 0 spiro atoms. The van der Waals surface area contributed by atoms with Gasteiger partial charge in [-0.15, -0.1) is 0 Å². The molecule has 20 heavy (non-hydrogen) atoms. The first-order valence-corrected chi connectivity index (χ1v) is 6.60. The fourth-order valence-corrected chi connectivity index (χ4v) is 2.59. The van der Waals surface area contributed by atoms with Crippen molar-refractivity contribution in [1.82, 2.24) is 9.66 Å². The number of nitrogens with zero attached hydrogens (tertiary/aromatic N) is 2. The third kappa shape index (κ3) is 1.64. The van der Waals surface area contributed by atoms with Gasteiger partial charge in [0.2, 0.25) is 0 Å². The molecule has 0 aliphatic heterocycles. The highest BCUT2D eigenvalue weighted by Gasteiger charge is 2.09. The molecule has 0 aliphatic carbocycles. The van der Waals surface area contributed by atoms with Crippen molar-refractivity contribution in [2.24, 2.45) is 0 Å². The summed E-state index contributed by atoms with van der Waals surface area (Å²) in [6.45, 7) is 0. The van der Waals surface area contributed by atoms with E-state index in [0.29, 0.717) is 0 Å². The second-order valence-electron chi connectivity index (χ2n) is 4.70. The molecule has 96 valence electrons. The predicted octanol–water partition coefficient (Wildman–Crippen LogP) is 4.06. The maximum absolute atomic E-state index is 4.34. The van der Waals surface area contributed by atoms with E-state index in [-0.39, 0.29) is 0 Å². The van der Waals surface area contributed by atoms with E-state index in [2.05, 4.69) is 63.6 Å². The maximum Gasteiger partial charge on any atom is 0.144 e. The van der Waals surface area contributed by atoms with Gasteiger partial charge in [0.1, 0.15) is 5.82 Å². The zero-order valence-corrected chi connectivity index (χ0v) is 10.8. The minimum Gasteiger partial charge on any atom is -0.277 e. The molecule has 0 fully saturated rings. The van der Waals surface area contributed by atoms with Crippen molar-refractivity contribution >= 4 is 27.6 Å². The molecule has 0 bridgehead atoms. The molecule has 0 atom stereocenters. The number of hydrogen-bond acceptors (Lipinski definition) is 2. The molecule has 2 aromatic carbocycles. The molecule has 3 heteroatoms. The number of benzene rings is 2. The van der Waals surface area contributed by atoms with Crippen molar-refractivity contribution in [1.29, 1.82) is 0 Å². The Hall–Kier alpha value is -2.81. The Kier molecular flexibility index (Phi) is 2.42. The molecule has 4 rings (SSSR count). The normalized spacial score (nSPS) is 11.0. The van der Waals surface area contributed by atoms with Crippen LogP contribution < -0.4 is 5.43 Å². The van der Waals surface area contributed by atoms with Gasteiger partial charge in [-0.3, -0.25) is 10.1 Å². The molecule has 3 nitrogen and oxygen atoms in total. The lowest BCUT2D eigenvalue weighted by Crippen LogP contribution is -2.09. The van der Waals surface area contributed by atoms with Crippen LogP contribution in [0.5, 0.6) is 0 Å². The van der Waals surface area contributed by atoms with Crippen LogP contribution in [0.2, 0.25) is 0 Å². The lowest BCUT2D eigenvalue weighted by molar-refractivity contribution is 1.03. The van der Waals surface area contributed by atoms with Crippen molar-refractivity contribution in [3.8, 4) is 0 Å². The molecule has 0 amide bonds. The van der Waals surface area contributed by atoms with Crippen molar-refractivity contribution in [3.63, 3.8) is 0 Å². The predicted molar refractivity (Wildman–Crippen MR) is 82.7 cm³/mol. The van der Waals surface area contributed by atoms with Crippen LogP contribution >= 0.6 is 0 Å². The van der Waals surface area contributed by atoms with E-state index in [1.54, 1.807) is 6.20 Å². The Morgan fingerprint density at radius 3 is 1.90 bits per heavy atom. The van der Waals surface area contributed by atoms with Crippen LogP contribution in [-0.2, 0) is 0 Å². The van der Waals surface area contributed by atoms with Crippen LogP contribution in [0.4, 0.5) is 5.82 Å². The van der Waals surface area contributed by atoms with Crippen LogP contribution in [0.3, 0.4) is 0 Å². The van der Waals surface area contributed by atoms with E-state index >= 15 is 0 Å². The van der Waals surface area contributed by atoms with Crippen molar-refractivity contribution in [3.05, 3.63) is 72.9 Å². The summed E-state index contributed by atoms with van der Waals surface area (Å²) in [6.07, 6.45) is 1.79. The van der Waals surface area contributed by atoms with E-state index < -0.39 is 0 Å². The van der Waals surface area contributed by atoms with Gasteiger partial charge < -0.3 is 0 Å². The molecule has 0 saturated carbocycles. The highest BCUT2D eigenvalue weighted by atomic mass is 15.4. The number of nitrogens with one attached hydrogen (secondary N) is 1. The second kappa shape index (κ2) is 4.38. The van der Waals surface area contributed by atoms with Gasteiger partial charge in [0.15, 0.2) is 0 Å². The molecule has 4 aromatic rings. The largest absolute Gasteiger partial charge is 0.277 e. The van der Waals surface area contributed by atoms with Gasteiger partial charge in [0, 0.05) is 17.0 Å². The number of rotatable bonds is 2. The monoisotopic (exact) mass is 259 g/mol. The molecule has 0 aliphatic rings. The summed E-state index contributed by atoms with van der Waals surface area (Å²) in [6, 6.07) is 22.6. The summed E-state index contributed by atoms with van der Waals surface area (Å²) in [5, 5.41) is 2.48. The molecule has 1 N–H and O–H groups in total. The number of pyridine rings is 1. The fraction of sp³-hybridized carbons (Fsp3) is 0. The Bertz CT molecular complexity index is 825. The van der Waals surface area contributed by atoms with Crippen LogP contribution in [0.15, 0.2) is 72.9 Å². The lowest BCUT2D eigenvalue weighted by atomic mass is 10.2. The fourth-order valence-electron chi connectivity index (χ4n) is 2.59. The number of aromatic nitrogens is 2. The van der Waals surface area contributed by atoms with Crippen LogP contribution in [0, 0.1) is 0 Å². The highest BCUT2D eigenvalue weighted by Crippen LogP contribution is 2.28. The molecular weight excluding hydrogens is 246 g/mol. The number of para-hydroxylation sites is 2. The van der Waals surface area contributed by atoms with E-state index in [4.69, 9.17) is 0 Å². The smallest absolute Gasteiger partial charge is 0.144 e. The van der Waals surface area contributed by atoms with Gasteiger partial charge in [-0.05, 0) is 24.3 Å². The zero-order chi connectivity index (χ0) is 13.4. The van der Waals surface area contributed by atoms with Gasteiger partial charge in [-0.2, -0.15) is 0 Å². The number of anilines is 1. The van der Waals surface area contributed by atoms with Crippen LogP contribution in [0.25, 0.3) is 21.8 Å². The van der Waals surface area contributed by atoms with Crippen molar-refractivity contribution in [2.75, 3.05) is 5.43 Å². The maximum atomic E-state index is 4.34. The van der Waals surface area contributed by atoms with Gasteiger partial charge in [0.05, 0.1) is 11.0 Å². The average molecular weight is 259 g/mol. The summed E-state index contributed by atoms with van der Waals surface area (Å²) < 4.78 is 2.09. The number of hydrogen-bond donors (Lipinski definition) is 1. The summed E-state index contributed by atoms with van der Waals surface area (Å²) >= 11 is 0. The quantitative estimate of drug-likeness (QED) is 0.588. The van der Waals surface area contributed by atoms with Crippen LogP contribution in [-0.4, -0.2) is 9.66 Å². The minimum absolute atomic E-state index is 0.832. The third-order valence-corrected chi connectivity index (χ3v) is 3.47.